The molecule has 108 valence electrons. The zero-order chi connectivity index (χ0) is 13.9. The first-order valence-electron chi connectivity index (χ1n) is 7.53. The van der Waals surface area contributed by atoms with Crippen LogP contribution < -0.4 is 5.32 Å². The molecule has 1 fully saturated rings. The van der Waals surface area contributed by atoms with Crippen LogP contribution in [0.1, 0.15) is 50.9 Å². The lowest BCUT2D eigenvalue weighted by atomic mass is 9.66. The summed E-state index contributed by atoms with van der Waals surface area (Å²) >= 11 is 3.75. The van der Waals surface area contributed by atoms with Crippen LogP contribution in [0, 0.1) is 5.41 Å². The quantitative estimate of drug-likeness (QED) is 0.777. The van der Waals surface area contributed by atoms with Crippen molar-refractivity contribution in [3.05, 3.63) is 15.9 Å². The van der Waals surface area contributed by atoms with Crippen molar-refractivity contribution in [2.75, 3.05) is 13.1 Å². The van der Waals surface area contributed by atoms with Crippen LogP contribution >= 0.6 is 15.9 Å². The minimum absolute atomic E-state index is 0.469. The number of rotatable bonds is 7. The van der Waals surface area contributed by atoms with Gasteiger partial charge < -0.3 is 5.32 Å². The third-order valence-corrected chi connectivity index (χ3v) is 5.30. The molecule has 1 aromatic rings. The van der Waals surface area contributed by atoms with Gasteiger partial charge in [-0.15, -0.1) is 0 Å². The van der Waals surface area contributed by atoms with E-state index in [9.17, 15) is 0 Å². The van der Waals surface area contributed by atoms with Gasteiger partial charge >= 0.3 is 0 Å². The van der Waals surface area contributed by atoms with Crippen molar-refractivity contribution in [1.82, 2.24) is 15.1 Å². The Morgan fingerprint density at radius 1 is 1.37 bits per heavy atom. The molecule has 0 atom stereocenters. The van der Waals surface area contributed by atoms with E-state index in [4.69, 9.17) is 0 Å². The number of nitrogens with zero attached hydrogens (tertiary/aromatic N) is 2. The Labute approximate surface area is 125 Å². The van der Waals surface area contributed by atoms with E-state index < -0.39 is 0 Å². The average Bonchev–Trinajstić information content (AvgIpc) is 2.62. The molecule has 0 unspecified atom stereocenters. The lowest BCUT2D eigenvalue weighted by Gasteiger charge is -2.42. The number of hydrogen-bond donors (Lipinski definition) is 1. The zero-order valence-corrected chi connectivity index (χ0v) is 14.0. The van der Waals surface area contributed by atoms with Crippen LogP contribution in [0.3, 0.4) is 0 Å². The van der Waals surface area contributed by atoms with E-state index >= 15 is 0 Å². The van der Waals surface area contributed by atoms with E-state index in [0.717, 1.165) is 25.9 Å². The second-order valence-corrected chi connectivity index (χ2v) is 6.68. The van der Waals surface area contributed by atoms with Gasteiger partial charge in [-0.2, -0.15) is 5.10 Å². The summed E-state index contributed by atoms with van der Waals surface area (Å²) < 4.78 is 3.31. The van der Waals surface area contributed by atoms with Gasteiger partial charge in [0.1, 0.15) is 0 Å². The van der Waals surface area contributed by atoms with Gasteiger partial charge in [-0.3, -0.25) is 4.68 Å². The second kappa shape index (κ2) is 6.40. The van der Waals surface area contributed by atoms with Crippen molar-refractivity contribution >= 4 is 15.9 Å². The fourth-order valence-corrected chi connectivity index (χ4v) is 3.75. The fraction of sp³-hybridized carbons (Fsp3) is 0.800. The lowest BCUT2D eigenvalue weighted by molar-refractivity contribution is 0.127. The van der Waals surface area contributed by atoms with Crippen LogP contribution in [0.5, 0.6) is 0 Å². The van der Waals surface area contributed by atoms with Crippen LogP contribution in [0.2, 0.25) is 0 Å². The van der Waals surface area contributed by atoms with Crippen molar-refractivity contribution in [1.29, 1.82) is 0 Å². The molecule has 0 bridgehead atoms. The molecule has 2 rings (SSSR count). The number of hydrogen-bond acceptors (Lipinski definition) is 2. The van der Waals surface area contributed by atoms with E-state index in [1.54, 1.807) is 0 Å². The number of aromatic nitrogens is 2. The van der Waals surface area contributed by atoms with Gasteiger partial charge in [-0.1, -0.05) is 20.3 Å². The first kappa shape index (κ1) is 15.0. The molecule has 0 amide bonds. The molecule has 19 heavy (non-hydrogen) atoms. The monoisotopic (exact) mass is 327 g/mol. The van der Waals surface area contributed by atoms with Crippen molar-refractivity contribution in [2.45, 2.75) is 52.4 Å². The SMILES string of the molecule is CCCNCC1(Cc2c(Br)c(CC)nn2C)CCC1. The predicted molar refractivity (Wildman–Crippen MR) is 83.4 cm³/mol. The van der Waals surface area contributed by atoms with E-state index in [0.29, 0.717) is 5.41 Å². The molecule has 0 aliphatic heterocycles. The Kier molecular flexibility index (Phi) is 5.07. The largest absolute Gasteiger partial charge is 0.316 e. The molecule has 4 heteroatoms. The van der Waals surface area contributed by atoms with E-state index in [1.165, 1.54) is 41.5 Å². The topological polar surface area (TPSA) is 29.9 Å². The zero-order valence-electron chi connectivity index (χ0n) is 12.4. The highest BCUT2D eigenvalue weighted by Gasteiger charge is 2.38. The van der Waals surface area contributed by atoms with Crippen LogP contribution in [-0.4, -0.2) is 22.9 Å². The maximum Gasteiger partial charge on any atom is 0.0766 e. The molecule has 1 N–H and O–H groups in total. The Morgan fingerprint density at radius 3 is 2.58 bits per heavy atom. The summed E-state index contributed by atoms with van der Waals surface area (Å²) in [6.07, 6.45) is 7.43. The molecule has 0 spiro atoms. The van der Waals surface area contributed by atoms with Gasteiger partial charge in [-0.05, 0) is 60.0 Å². The fourth-order valence-electron chi connectivity index (χ4n) is 2.99. The highest BCUT2D eigenvalue weighted by Crippen LogP contribution is 2.44. The standard InChI is InChI=1S/C15H26BrN3/c1-4-9-17-11-15(7-6-8-15)10-13-14(16)12(5-2)18-19(13)3/h17H,4-11H2,1-3H3. The summed E-state index contributed by atoms with van der Waals surface area (Å²) in [7, 11) is 2.07. The normalized spacial score (nSPS) is 17.5. The summed E-state index contributed by atoms with van der Waals surface area (Å²) in [5.41, 5.74) is 3.03. The second-order valence-electron chi connectivity index (χ2n) is 5.89. The third kappa shape index (κ3) is 3.22. The predicted octanol–water partition coefficient (Wildman–Crippen LogP) is 3.46. The molecule has 3 nitrogen and oxygen atoms in total. The first-order valence-corrected chi connectivity index (χ1v) is 8.32. The molecular formula is C15H26BrN3. The van der Waals surface area contributed by atoms with E-state index in [-0.39, 0.29) is 0 Å². The molecule has 1 saturated carbocycles. The minimum atomic E-state index is 0.469. The lowest BCUT2D eigenvalue weighted by Crippen LogP contribution is -2.42. The summed E-state index contributed by atoms with van der Waals surface area (Å²) in [6, 6.07) is 0. The van der Waals surface area contributed by atoms with Crippen LogP contribution in [0.15, 0.2) is 4.47 Å². The molecule has 1 heterocycles. The third-order valence-electron chi connectivity index (χ3n) is 4.39. The number of aryl methyl sites for hydroxylation is 2. The van der Waals surface area contributed by atoms with Gasteiger partial charge in [0.2, 0.25) is 0 Å². The van der Waals surface area contributed by atoms with Crippen LogP contribution in [0.25, 0.3) is 0 Å². The van der Waals surface area contributed by atoms with Crippen molar-refractivity contribution in [2.24, 2.45) is 12.5 Å². The Balaban J connectivity index is 2.08. The Bertz CT molecular complexity index is 421. The van der Waals surface area contributed by atoms with Crippen molar-refractivity contribution in [3.63, 3.8) is 0 Å². The number of halogens is 1. The van der Waals surface area contributed by atoms with Gasteiger partial charge in [0.05, 0.1) is 15.9 Å². The summed E-state index contributed by atoms with van der Waals surface area (Å²) in [5, 5.41) is 8.23. The molecule has 1 aliphatic rings. The minimum Gasteiger partial charge on any atom is -0.316 e. The smallest absolute Gasteiger partial charge is 0.0766 e. The van der Waals surface area contributed by atoms with Gasteiger partial charge in [0, 0.05) is 13.6 Å². The highest BCUT2D eigenvalue weighted by molar-refractivity contribution is 9.10. The summed E-state index contributed by atoms with van der Waals surface area (Å²) in [6.45, 7) is 6.68. The summed E-state index contributed by atoms with van der Waals surface area (Å²) in [4.78, 5) is 0. The Morgan fingerprint density at radius 2 is 2.11 bits per heavy atom. The molecule has 0 radical (unpaired) electrons. The molecular weight excluding hydrogens is 302 g/mol. The van der Waals surface area contributed by atoms with Gasteiger partial charge in [-0.25, -0.2) is 0 Å². The van der Waals surface area contributed by atoms with Crippen LogP contribution in [-0.2, 0) is 19.9 Å². The maximum atomic E-state index is 4.62. The first-order chi connectivity index (χ1) is 9.12. The maximum absolute atomic E-state index is 4.62. The molecule has 1 aromatic heterocycles. The molecule has 0 saturated heterocycles. The molecule has 0 aromatic carbocycles. The van der Waals surface area contributed by atoms with Gasteiger partial charge in [0.15, 0.2) is 0 Å². The van der Waals surface area contributed by atoms with E-state index in [2.05, 4.69) is 51.9 Å². The van der Waals surface area contributed by atoms with Gasteiger partial charge in [0.25, 0.3) is 0 Å². The molecule has 1 aliphatic carbocycles. The highest BCUT2D eigenvalue weighted by atomic mass is 79.9. The Hall–Kier alpha value is -0.350. The van der Waals surface area contributed by atoms with Crippen LogP contribution in [0.4, 0.5) is 0 Å². The average molecular weight is 328 g/mol. The van der Waals surface area contributed by atoms with Crippen molar-refractivity contribution in [3.8, 4) is 0 Å². The summed E-state index contributed by atoms with van der Waals surface area (Å²) in [5.74, 6) is 0. The van der Waals surface area contributed by atoms with E-state index in [1.807, 2.05) is 0 Å². The van der Waals surface area contributed by atoms with Crippen molar-refractivity contribution < 1.29 is 0 Å². The number of nitrogens with one attached hydrogen (secondary N) is 1.